The third-order valence-corrected chi connectivity index (χ3v) is 3.59. The van der Waals surface area contributed by atoms with E-state index < -0.39 is 6.09 Å². The van der Waals surface area contributed by atoms with Crippen molar-refractivity contribution in [3.05, 3.63) is 65.3 Å². The summed E-state index contributed by atoms with van der Waals surface area (Å²) in [6, 6.07) is 14.9. The molecule has 0 radical (unpaired) electrons. The number of ether oxygens (including phenoxy) is 1. The Bertz CT molecular complexity index is 784. The molecule has 0 atom stereocenters. The van der Waals surface area contributed by atoms with Crippen molar-refractivity contribution in [1.82, 2.24) is 4.98 Å². The molecule has 0 fully saturated rings. The molecule has 0 aliphatic carbocycles. The first kappa shape index (κ1) is 14.5. The maximum absolute atomic E-state index is 11.7. The van der Waals surface area contributed by atoms with Gasteiger partial charge in [0.25, 0.3) is 0 Å². The Morgan fingerprint density at radius 1 is 1.18 bits per heavy atom. The number of anilines is 1. The second-order valence-electron chi connectivity index (χ2n) is 4.88. The normalized spacial score (nSPS) is 10.6. The molecule has 0 bridgehead atoms. The van der Waals surface area contributed by atoms with Crippen LogP contribution >= 0.6 is 11.6 Å². The van der Waals surface area contributed by atoms with Gasteiger partial charge in [-0.3, -0.25) is 5.32 Å². The first-order chi connectivity index (χ1) is 10.7. The lowest BCUT2D eigenvalue weighted by Crippen LogP contribution is -2.15. The number of fused-ring (bicyclic) bond motifs is 1. The van der Waals surface area contributed by atoms with Crippen molar-refractivity contribution < 1.29 is 9.53 Å². The van der Waals surface area contributed by atoms with Gasteiger partial charge in [0.05, 0.1) is 6.61 Å². The fraction of sp³-hybridized carbons (Fsp3) is 0.118. The van der Waals surface area contributed by atoms with Crippen molar-refractivity contribution in [1.29, 1.82) is 0 Å². The number of aromatic nitrogens is 1. The lowest BCUT2D eigenvalue weighted by atomic mass is 10.1. The molecule has 112 valence electrons. The molecule has 3 rings (SSSR count). The van der Waals surface area contributed by atoms with Gasteiger partial charge in [0.2, 0.25) is 0 Å². The highest BCUT2D eigenvalue weighted by molar-refractivity contribution is 6.31. The fourth-order valence-electron chi connectivity index (χ4n) is 2.29. The lowest BCUT2D eigenvalue weighted by molar-refractivity contribution is 0.163. The van der Waals surface area contributed by atoms with Crippen LogP contribution in [0.25, 0.3) is 10.9 Å². The highest BCUT2D eigenvalue weighted by Gasteiger charge is 2.07. The van der Waals surface area contributed by atoms with Gasteiger partial charge in [0, 0.05) is 34.2 Å². The molecular weight excluding hydrogens is 300 g/mol. The number of carbonyl (C=O) groups is 1. The molecule has 3 aromatic rings. The van der Waals surface area contributed by atoms with Crippen LogP contribution in [0.3, 0.4) is 0 Å². The quantitative estimate of drug-likeness (QED) is 0.738. The number of nitrogens with one attached hydrogen (secondary N) is 2. The van der Waals surface area contributed by atoms with E-state index in [0.29, 0.717) is 23.7 Å². The van der Waals surface area contributed by atoms with Gasteiger partial charge in [-0.05, 0) is 35.9 Å². The summed E-state index contributed by atoms with van der Waals surface area (Å²) in [7, 11) is 0. The van der Waals surface area contributed by atoms with Crippen LogP contribution in [-0.4, -0.2) is 17.7 Å². The Hall–Kier alpha value is -2.46. The van der Waals surface area contributed by atoms with E-state index in [-0.39, 0.29) is 0 Å². The van der Waals surface area contributed by atoms with Gasteiger partial charge in [-0.1, -0.05) is 29.8 Å². The monoisotopic (exact) mass is 314 g/mol. The third kappa shape index (κ3) is 3.40. The summed E-state index contributed by atoms with van der Waals surface area (Å²) in [5.74, 6) is 0. The van der Waals surface area contributed by atoms with Gasteiger partial charge in [-0.25, -0.2) is 4.79 Å². The molecule has 1 amide bonds. The Kier molecular flexibility index (Phi) is 4.30. The molecule has 1 aromatic heterocycles. The van der Waals surface area contributed by atoms with Crippen molar-refractivity contribution in [2.45, 2.75) is 6.42 Å². The van der Waals surface area contributed by atoms with Crippen LogP contribution in [0.4, 0.5) is 10.5 Å². The van der Waals surface area contributed by atoms with Crippen LogP contribution in [0.1, 0.15) is 5.56 Å². The summed E-state index contributed by atoms with van der Waals surface area (Å²) in [6.45, 7) is 0.304. The zero-order chi connectivity index (χ0) is 15.4. The van der Waals surface area contributed by atoms with Gasteiger partial charge < -0.3 is 9.72 Å². The van der Waals surface area contributed by atoms with Crippen LogP contribution in [0.5, 0.6) is 0 Å². The standard InChI is InChI=1S/C17H15ClN2O2/c18-13-6-7-16-15(10-13)12(11-19-16)8-9-22-17(21)20-14-4-2-1-3-5-14/h1-7,10-11,19H,8-9H2,(H,20,21). The van der Waals surface area contributed by atoms with Gasteiger partial charge >= 0.3 is 6.09 Å². The molecule has 0 spiro atoms. The molecule has 5 heteroatoms. The summed E-state index contributed by atoms with van der Waals surface area (Å²) in [6.07, 6.45) is 2.09. The van der Waals surface area contributed by atoms with Crippen molar-refractivity contribution in [2.24, 2.45) is 0 Å². The minimum absolute atomic E-state index is 0.304. The van der Waals surface area contributed by atoms with Crippen LogP contribution in [0.15, 0.2) is 54.7 Å². The van der Waals surface area contributed by atoms with E-state index in [9.17, 15) is 4.79 Å². The number of para-hydroxylation sites is 1. The van der Waals surface area contributed by atoms with E-state index in [1.807, 2.05) is 54.7 Å². The number of benzene rings is 2. The Labute approximate surface area is 133 Å². The summed E-state index contributed by atoms with van der Waals surface area (Å²) in [5.41, 5.74) is 2.81. The molecule has 0 saturated carbocycles. The van der Waals surface area contributed by atoms with E-state index >= 15 is 0 Å². The Morgan fingerprint density at radius 3 is 2.82 bits per heavy atom. The van der Waals surface area contributed by atoms with Gasteiger partial charge in [-0.15, -0.1) is 0 Å². The highest BCUT2D eigenvalue weighted by atomic mass is 35.5. The minimum Gasteiger partial charge on any atom is -0.449 e. The number of hydrogen-bond acceptors (Lipinski definition) is 2. The van der Waals surface area contributed by atoms with Crippen LogP contribution in [-0.2, 0) is 11.2 Å². The summed E-state index contributed by atoms with van der Waals surface area (Å²) >= 11 is 6.01. The zero-order valence-corrected chi connectivity index (χ0v) is 12.6. The van der Waals surface area contributed by atoms with E-state index in [4.69, 9.17) is 16.3 Å². The molecule has 4 nitrogen and oxygen atoms in total. The Balaban J connectivity index is 1.56. The van der Waals surface area contributed by atoms with Crippen LogP contribution in [0.2, 0.25) is 5.02 Å². The molecule has 0 aliphatic rings. The SMILES string of the molecule is O=C(Nc1ccccc1)OCCc1c[nH]c2ccc(Cl)cc12. The molecule has 0 saturated heterocycles. The smallest absolute Gasteiger partial charge is 0.411 e. The molecule has 1 heterocycles. The molecule has 2 N–H and O–H groups in total. The average Bonchev–Trinajstić information content (AvgIpc) is 2.91. The van der Waals surface area contributed by atoms with E-state index in [1.54, 1.807) is 0 Å². The van der Waals surface area contributed by atoms with Gasteiger partial charge in [0.15, 0.2) is 0 Å². The minimum atomic E-state index is -0.455. The summed E-state index contributed by atoms with van der Waals surface area (Å²) in [4.78, 5) is 14.9. The average molecular weight is 315 g/mol. The largest absolute Gasteiger partial charge is 0.449 e. The topological polar surface area (TPSA) is 54.1 Å². The number of amides is 1. The maximum atomic E-state index is 11.7. The number of carbonyl (C=O) groups excluding carboxylic acids is 1. The second kappa shape index (κ2) is 6.54. The zero-order valence-electron chi connectivity index (χ0n) is 11.8. The first-order valence-electron chi connectivity index (χ1n) is 6.97. The maximum Gasteiger partial charge on any atom is 0.411 e. The molecule has 2 aromatic carbocycles. The van der Waals surface area contributed by atoms with Gasteiger partial charge in [0.1, 0.15) is 0 Å². The Morgan fingerprint density at radius 2 is 2.00 bits per heavy atom. The first-order valence-corrected chi connectivity index (χ1v) is 7.34. The second-order valence-corrected chi connectivity index (χ2v) is 5.32. The highest BCUT2D eigenvalue weighted by Crippen LogP contribution is 2.22. The molecule has 22 heavy (non-hydrogen) atoms. The van der Waals surface area contributed by atoms with Crippen molar-refractivity contribution in [3.8, 4) is 0 Å². The number of rotatable bonds is 4. The number of aromatic amines is 1. The van der Waals surface area contributed by atoms with Crippen molar-refractivity contribution >= 4 is 34.3 Å². The van der Waals surface area contributed by atoms with E-state index in [2.05, 4.69) is 10.3 Å². The summed E-state index contributed by atoms with van der Waals surface area (Å²) in [5, 5.41) is 4.42. The molecule has 0 aliphatic heterocycles. The summed E-state index contributed by atoms with van der Waals surface area (Å²) < 4.78 is 5.20. The van der Waals surface area contributed by atoms with Crippen LogP contribution in [0, 0.1) is 0 Å². The molecular formula is C17H15ClN2O2. The predicted octanol–water partition coefficient (Wildman–Crippen LogP) is 4.61. The third-order valence-electron chi connectivity index (χ3n) is 3.35. The van der Waals surface area contributed by atoms with E-state index in [0.717, 1.165) is 16.5 Å². The fourth-order valence-corrected chi connectivity index (χ4v) is 2.46. The number of halogens is 1. The molecule has 0 unspecified atom stereocenters. The number of hydrogen-bond donors (Lipinski definition) is 2. The van der Waals surface area contributed by atoms with Crippen molar-refractivity contribution in [3.63, 3.8) is 0 Å². The van der Waals surface area contributed by atoms with Gasteiger partial charge in [-0.2, -0.15) is 0 Å². The van der Waals surface area contributed by atoms with E-state index in [1.165, 1.54) is 0 Å². The lowest BCUT2D eigenvalue weighted by Gasteiger charge is -2.06. The van der Waals surface area contributed by atoms with Crippen LogP contribution < -0.4 is 5.32 Å². The predicted molar refractivity (Wildman–Crippen MR) is 88.4 cm³/mol. The number of H-pyrrole nitrogens is 1. The van der Waals surface area contributed by atoms with Crippen molar-refractivity contribution in [2.75, 3.05) is 11.9 Å².